The zero-order chi connectivity index (χ0) is 17.6. The van der Waals surface area contributed by atoms with Crippen molar-refractivity contribution in [2.45, 2.75) is 39.2 Å². The molecule has 1 aromatic carbocycles. The van der Waals surface area contributed by atoms with Gasteiger partial charge in [0.1, 0.15) is 0 Å². The van der Waals surface area contributed by atoms with Crippen molar-refractivity contribution in [3.63, 3.8) is 0 Å². The number of nitrogens with zero attached hydrogens (tertiary/aromatic N) is 3. The average molecular weight is 338 g/mol. The standard InChI is InChI=1S/C20H26N4O/c1-16(2)11-15-23-13-4-3-6-19(23)20(25)22-17-7-9-18(10-8-17)24-14-5-12-21-24/h5,7-12,14,19H,3-4,6,13,15H2,1-2H3,(H,22,25). The van der Waals surface area contributed by atoms with E-state index in [1.165, 1.54) is 12.0 Å². The van der Waals surface area contributed by atoms with Crippen LogP contribution in [0.15, 0.2) is 54.4 Å². The third-order valence-corrected chi connectivity index (χ3v) is 4.55. The van der Waals surface area contributed by atoms with Gasteiger partial charge in [-0.15, -0.1) is 0 Å². The first-order valence-electron chi connectivity index (χ1n) is 8.92. The fourth-order valence-electron chi connectivity index (χ4n) is 3.15. The Morgan fingerprint density at radius 1 is 1.28 bits per heavy atom. The number of amides is 1. The topological polar surface area (TPSA) is 50.2 Å². The van der Waals surface area contributed by atoms with Crippen LogP contribution < -0.4 is 5.32 Å². The quantitative estimate of drug-likeness (QED) is 0.847. The Bertz CT molecular complexity index is 715. The molecule has 0 aliphatic carbocycles. The van der Waals surface area contributed by atoms with Crippen molar-refractivity contribution in [1.82, 2.24) is 14.7 Å². The normalized spacial score (nSPS) is 17.9. The van der Waals surface area contributed by atoms with Gasteiger partial charge in [0.15, 0.2) is 0 Å². The maximum atomic E-state index is 12.7. The third kappa shape index (κ3) is 4.57. The summed E-state index contributed by atoms with van der Waals surface area (Å²) in [6.45, 7) is 6.03. The van der Waals surface area contributed by atoms with Gasteiger partial charge in [-0.05, 0) is 63.6 Å². The number of piperidine rings is 1. The van der Waals surface area contributed by atoms with Crippen molar-refractivity contribution < 1.29 is 4.79 Å². The first-order valence-corrected chi connectivity index (χ1v) is 8.92. The van der Waals surface area contributed by atoms with Gasteiger partial charge in [0.2, 0.25) is 5.91 Å². The molecule has 1 fully saturated rings. The molecule has 2 aromatic rings. The molecule has 1 N–H and O–H groups in total. The molecule has 2 heterocycles. The summed E-state index contributed by atoms with van der Waals surface area (Å²) in [6, 6.07) is 9.63. The second kappa shape index (κ2) is 8.12. The van der Waals surface area contributed by atoms with Gasteiger partial charge < -0.3 is 5.32 Å². The molecule has 1 atom stereocenters. The summed E-state index contributed by atoms with van der Waals surface area (Å²) in [4.78, 5) is 15.0. The number of rotatable bonds is 5. The number of aromatic nitrogens is 2. The lowest BCUT2D eigenvalue weighted by Crippen LogP contribution is -2.47. The SMILES string of the molecule is CC(C)=CCN1CCCCC1C(=O)Nc1ccc(-n2cccn2)cc1. The maximum absolute atomic E-state index is 12.7. The average Bonchev–Trinajstić information content (AvgIpc) is 3.15. The van der Waals surface area contributed by atoms with Crippen molar-refractivity contribution in [3.05, 3.63) is 54.4 Å². The number of likely N-dealkylation sites (tertiary alicyclic amines) is 1. The molecular formula is C20H26N4O. The van der Waals surface area contributed by atoms with Crippen molar-refractivity contribution in [3.8, 4) is 5.69 Å². The summed E-state index contributed by atoms with van der Waals surface area (Å²) in [5, 5.41) is 7.28. The van der Waals surface area contributed by atoms with E-state index in [-0.39, 0.29) is 11.9 Å². The van der Waals surface area contributed by atoms with Gasteiger partial charge in [-0.1, -0.05) is 18.1 Å². The molecule has 132 valence electrons. The molecular weight excluding hydrogens is 312 g/mol. The van der Waals surface area contributed by atoms with E-state index in [1.54, 1.807) is 10.9 Å². The maximum Gasteiger partial charge on any atom is 0.241 e. The van der Waals surface area contributed by atoms with Crippen LogP contribution in [-0.2, 0) is 4.79 Å². The summed E-state index contributed by atoms with van der Waals surface area (Å²) in [5.74, 6) is 0.0914. The molecule has 0 saturated carbocycles. The molecule has 3 rings (SSSR count). The molecule has 1 amide bonds. The second-order valence-corrected chi connectivity index (χ2v) is 6.77. The largest absolute Gasteiger partial charge is 0.325 e. The van der Waals surface area contributed by atoms with Crippen molar-refractivity contribution in [1.29, 1.82) is 0 Å². The summed E-state index contributed by atoms with van der Waals surface area (Å²) in [7, 11) is 0. The lowest BCUT2D eigenvalue weighted by molar-refractivity contribution is -0.122. The van der Waals surface area contributed by atoms with Crippen LogP contribution in [0.1, 0.15) is 33.1 Å². The van der Waals surface area contributed by atoms with Crippen molar-refractivity contribution >= 4 is 11.6 Å². The minimum Gasteiger partial charge on any atom is -0.325 e. The van der Waals surface area contributed by atoms with Crippen molar-refractivity contribution in [2.24, 2.45) is 0 Å². The minimum atomic E-state index is -0.0462. The van der Waals surface area contributed by atoms with Crippen LogP contribution in [0.2, 0.25) is 0 Å². The molecule has 1 aliphatic rings. The third-order valence-electron chi connectivity index (χ3n) is 4.55. The van der Waals surface area contributed by atoms with Gasteiger partial charge in [-0.25, -0.2) is 4.68 Å². The van der Waals surface area contributed by atoms with E-state index in [0.717, 1.165) is 37.3 Å². The highest BCUT2D eigenvalue weighted by Crippen LogP contribution is 2.20. The molecule has 1 aromatic heterocycles. The molecule has 5 heteroatoms. The molecule has 5 nitrogen and oxygen atoms in total. The van der Waals surface area contributed by atoms with Gasteiger partial charge in [0.25, 0.3) is 0 Å². The van der Waals surface area contributed by atoms with Crippen molar-refractivity contribution in [2.75, 3.05) is 18.4 Å². The van der Waals surface area contributed by atoms with Gasteiger partial charge in [0, 0.05) is 24.6 Å². The predicted molar refractivity (Wildman–Crippen MR) is 101 cm³/mol. The van der Waals surface area contributed by atoms with E-state index in [1.807, 2.05) is 36.5 Å². The zero-order valence-corrected chi connectivity index (χ0v) is 15.0. The van der Waals surface area contributed by atoms with Crippen LogP contribution in [0.3, 0.4) is 0 Å². The van der Waals surface area contributed by atoms with Gasteiger partial charge >= 0.3 is 0 Å². The number of anilines is 1. The molecule has 1 unspecified atom stereocenters. The van der Waals surface area contributed by atoms with Crippen LogP contribution in [0, 0.1) is 0 Å². The van der Waals surface area contributed by atoms with E-state index >= 15 is 0 Å². The van der Waals surface area contributed by atoms with Gasteiger partial charge in [-0.3, -0.25) is 9.69 Å². The summed E-state index contributed by atoms with van der Waals surface area (Å²) >= 11 is 0. The summed E-state index contributed by atoms with van der Waals surface area (Å²) in [5.41, 5.74) is 3.10. The highest BCUT2D eigenvalue weighted by atomic mass is 16.2. The lowest BCUT2D eigenvalue weighted by Gasteiger charge is -2.34. The second-order valence-electron chi connectivity index (χ2n) is 6.77. The Balaban J connectivity index is 1.64. The van der Waals surface area contributed by atoms with E-state index in [0.29, 0.717) is 0 Å². The number of carbonyl (C=O) groups excluding carboxylic acids is 1. The van der Waals surface area contributed by atoms with Crippen LogP contribution >= 0.6 is 0 Å². The fourth-order valence-corrected chi connectivity index (χ4v) is 3.15. The summed E-state index contributed by atoms with van der Waals surface area (Å²) < 4.78 is 1.80. The first-order chi connectivity index (χ1) is 12.1. The number of allylic oxidation sites excluding steroid dienone is 1. The molecule has 1 aliphatic heterocycles. The fraction of sp³-hybridized carbons (Fsp3) is 0.400. The van der Waals surface area contributed by atoms with E-state index in [9.17, 15) is 4.79 Å². The highest BCUT2D eigenvalue weighted by molar-refractivity contribution is 5.95. The van der Waals surface area contributed by atoms with Crippen LogP contribution in [0.25, 0.3) is 5.69 Å². The molecule has 0 spiro atoms. The number of nitrogens with one attached hydrogen (secondary N) is 1. The lowest BCUT2D eigenvalue weighted by atomic mass is 10.0. The van der Waals surface area contributed by atoms with E-state index < -0.39 is 0 Å². The molecule has 25 heavy (non-hydrogen) atoms. The zero-order valence-electron chi connectivity index (χ0n) is 15.0. The number of hydrogen-bond donors (Lipinski definition) is 1. The molecule has 0 radical (unpaired) electrons. The number of hydrogen-bond acceptors (Lipinski definition) is 3. The monoisotopic (exact) mass is 338 g/mol. The smallest absolute Gasteiger partial charge is 0.241 e. The van der Waals surface area contributed by atoms with E-state index in [4.69, 9.17) is 0 Å². The number of carbonyl (C=O) groups is 1. The van der Waals surface area contributed by atoms with E-state index in [2.05, 4.69) is 35.2 Å². The minimum absolute atomic E-state index is 0.0462. The Morgan fingerprint density at radius 3 is 2.76 bits per heavy atom. The van der Waals surface area contributed by atoms with Crippen LogP contribution in [0.4, 0.5) is 5.69 Å². The van der Waals surface area contributed by atoms with Gasteiger partial charge in [-0.2, -0.15) is 5.10 Å². The molecule has 0 bridgehead atoms. The molecule has 1 saturated heterocycles. The highest BCUT2D eigenvalue weighted by Gasteiger charge is 2.27. The van der Waals surface area contributed by atoms with Gasteiger partial charge in [0.05, 0.1) is 11.7 Å². The Morgan fingerprint density at radius 2 is 2.08 bits per heavy atom. The Kier molecular flexibility index (Phi) is 5.66. The predicted octanol–water partition coefficient (Wildman–Crippen LogP) is 3.63. The van der Waals surface area contributed by atoms with Crippen LogP contribution in [0.5, 0.6) is 0 Å². The Labute approximate surface area is 149 Å². The number of benzene rings is 1. The first kappa shape index (κ1) is 17.4. The van der Waals surface area contributed by atoms with Crippen LogP contribution in [-0.4, -0.2) is 39.7 Å². The Hall–Kier alpha value is -2.40. The summed E-state index contributed by atoms with van der Waals surface area (Å²) in [6.07, 6.45) is 9.05.